The van der Waals surface area contributed by atoms with Crippen LogP contribution in [-0.4, -0.2) is 65.1 Å². The second kappa shape index (κ2) is 11.9. The van der Waals surface area contributed by atoms with Crippen LogP contribution in [0.2, 0.25) is 0 Å². The lowest BCUT2D eigenvalue weighted by Crippen LogP contribution is -2.38. The molecule has 0 radical (unpaired) electrons. The van der Waals surface area contributed by atoms with Crippen molar-refractivity contribution >= 4 is 17.9 Å². The van der Waals surface area contributed by atoms with Crippen molar-refractivity contribution in [1.29, 1.82) is 0 Å². The zero-order valence-corrected chi connectivity index (χ0v) is 20.1. The number of carbonyl (C=O) groups is 2. The normalized spacial score (nSPS) is 15.9. The number of carbonyl (C=O) groups excluding carboxylic acids is 1. The van der Waals surface area contributed by atoms with E-state index in [-0.39, 0.29) is 11.6 Å². The number of unbranched alkanes of at least 4 members (excludes halogenated alkanes) is 2. The maximum atomic E-state index is 12.9. The molecular weight excluding hydrogens is 440 g/mol. The van der Waals surface area contributed by atoms with Gasteiger partial charge in [-0.3, -0.25) is 4.90 Å². The van der Waals surface area contributed by atoms with Crippen LogP contribution in [0.4, 0.5) is 10.6 Å². The Bertz CT molecular complexity index is 949. The van der Waals surface area contributed by atoms with Gasteiger partial charge in [0.05, 0.1) is 6.61 Å². The number of carboxylic acid groups (broad SMARTS) is 1. The minimum absolute atomic E-state index is 0.138. The summed E-state index contributed by atoms with van der Waals surface area (Å²) < 4.78 is 16.6. The molecule has 10 nitrogen and oxygen atoms in total. The number of aromatic carboxylic acids is 1. The van der Waals surface area contributed by atoms with Crippen LogP contribution >= 0.6 is 0 Å². The van der Waals surface area contributed by atoms with Gasteiger partial charge in [-0.05, 0) is 71.6 Å². The number of nitrogens with zero attached hydrogens (tertiary/aromatic N) is 3. The number of ether oxygens (including phenoxy) is 2. The summed E-state index contributed by atoms with van der Waals surface area (Å²) in [5.41, 5.74) is -0.336. The van der Waals surface area contributed by atoms with Crippen molar-refractivity contribution < 1.29 is 28.6 Å². The van der Waals surface area contributed by atoms with Crippen molar-refractivity contribution in [3.63, 3.8) is 0 Å². The van der Waals surface area contributed by atoms with Crippen LogP contribution < -0.4 is 10.2 Å². The summed E-state index contributed by atoms with van der Waals surface area (Å²) in [4.78, 5) is 33.8. The number of carboxylic acids is 1. The van der Waals surface area contributed by atoms with E-state index in [9.17, 15) is 9.59 Å². The maximum absolute atomic E-state index is 12.9. The number of oxazole rings is 1. The maximum Gasteiger partial charge on any atom is 0.416 e. The van der Waals surface area contributed by atoms with E-state index in [4.69, 9.17) is 19.0 Å². The van der Waals surface area contributed by atoms with Crippen LogP contribution in [0.5, 0.6) is 0 Å². The largest absolute Gasteiger partial charge is 0.476 e. The first-order valence-electron chi connectivity index (χ1n) is 11.7. The molecule has 2 N–H and O–H groups in total. The molecular formula is C24H34N4O6. The zero-order valence-electron chi connectivity index (χ0n) is 20.1. The summed E-state index contributed by atoms with van der Waals surface area (Å²) in [5, 5.41) is 12.5. The molecule has 1 aliphatic rings. The van der Waals surface area contributed by atoms with E-state index in [1.807, 2.05) is 20.8 Å². The van der Waals surface area contributed by atoms with Crippen LogP contribution in [0, 0.1) is 0 Å². The van der Waals surface area contributed by atoms with Crippen LogP contribution in [0.1, 0.15) is 63.4 Å². The van der Waals surface area contributed by atoms with Crippen LogP contribution in [0.3, 0.4) is 0 Å². The predicted molar refractivity (Wildman–Crippen MR) is 126 cm³/mol. The van der Waals surface area contributed by atoms with Gasteiger partial charge < -0.3 is 24.3 Å². The van der Waals surface area contributed by atoms with Crippen molar-refractivity contribution in [2.24, 2.45) is 0 Å². The average Bonchev–Trinajstić information content (AvgIpc) is 3.47. The van der Waals surface area contributed by atoms with Gasteiger partial charge in [-0.15, -0.1) is 0 Å². The van der Waals surface area contributed by atoms with Gasteiger partial charge in [0.25, 0.3) is 0 Å². The Morgan fingerprint density at radius 1 is 1.29 bits per heavy atom. The molecule has 186 valence electrons. The second-order valence-corrected chi connectivity index (χ2v) is 9.31. The molecule has 34 heavy (non-hydrogen) atoms. The summed E-state index contributed by atoms with van der Waals surface area (Å²) in [6.07, 6.45) is 7.02. The number of rotatable bonds is 11. The van der Waals surface area contributed by atoms with Crippen LogP contribution in [0.15, 0.2) is 29.0 Å². The molecule has 2 aromatic rings. The SMILES string of the molecule is CC(C)(C)OC(=O)N(CCCCCOCC1CCCN1)c1cc(-c2nc(C(=O)O)co2)ccn1. The minimum Gasteiger partial charge on any atom is -0.476 e. The molecule has 0 aliphatic carbocycles. The monoisotopic (exact) mass is 474 g/mol. The molecule has 3 rings (SSSR count). The van der Waals surface area contributed by atoms with Gasteiger partial charge in [0.15, 0.2) is 5.69 Å². The van der Waals surface area contributed by atoms with Crippen molar-refractivity contribution in [3.05, 3.63) is 30.3 Å². The van der Waals surface area contributed by atoms with E-state index in [1.165, 1.54) is 23.9 Å². The van der Waals surface area contributed by atoms with Crippen molar-refractivity contribution in [3.8, 4) is 11.5 Å². The quantitative estimate of drug-likeness (QED) is 0.462. The zero-order chi connectivity index (χ0) is 24.6. The summed E-state index contributed by atoms with van der Waals surface area (Å²) in [6.45, 7) is 8.35. The number of hydrogen-bond donors (Lipinski definition) is 2. The summed E-state index contributed by atoms with van der Waals surface area (Å²) in [7, 11) is 0. The lowest BCUT2D eigenvalue weighted by atomic mass is 10.2. The van der Waals surface area contributed by atoms with E-state index in [0.29, 0.717) is 30.6 Å². The lowest BCUT2D eigenvalue weighted by molar-refractivity contribution is 0.0577. The molecule has 1 amide bonds. The molecule has 10 heteroatoms. The topological polar surface area (TPSA) is 127 Å². The third-order valence-electron chi connectivity index (χ3n) is 5.26. The van der Waals surface area contributed by atoms with E-state index < -0.39 is 17.7 Å². The highest BCUT2D eigenvalue weighted by molar-refractivity contribution is 5.88. The second-order valence-electron chi connectivity index (χ2n) is 9.31. The molecule has 1 fully saturated rings. The van der Waals surface area contributed by atoms with Crippen molar-refractivity contribution in [2.75, 3.05) is 31.2 Å². The van der Waals surface area contributed by atoms with Gasteiger partial charge in [0, 0.05) is 31.0 Å². The Morgan fingerprint density at radius 2 is 2.12 bits per heavy atom. The number of aromatic nitrogens is 2. The van der Waals surface area contributed by atoms with Gasteiger partial charge in [-0.2, -0.15) is 0 Å². The summed E-state index contributed by atoms with van der Waals surface area (Å²) >= 11 is 0. The van der Waals surface area contributed by atoms with E-state index >= 15 is 0 Å². The molecule has 0 saturated carbocycles. The molecule has 1 saturated heterocycles. The van der Waals surface area contributed by atoms with Gasteiger partial charge in [-0.25, -0.2) is 19.6 Å². The number of hydrogen-bond acceptors (Lipinski definition) is 8. The molecule has 1 unspecified atom stereocenters. The van der Waals surface area contributed by atoms with E-state index in [0.717, 1.165) is 38.7 Å². The Labute approximate surface area is 199 Å². The van der Waals surface area contributed by atoms with Crippen LogP contribution in [-0.2, 0) is 9.47 Å². The first-order chi connectivity index (χ1) is 16.2. The number of amides is 1. The Balaban J connectivity index is 1.60. The van der Waals surface area contributed by atoms with Gasteiger partial charge in [0.2, 0.25) is 5.89 Å². The van der Waals surface area contributed by atoms with E-state index in [2.05, 4.69) is 15.3 Å². The smallest absolute Gasteiger partial charge is 0.416 e. The fraction of sp³-hybridized carbons (Fsp3) is 0.583. The lowest BCUT2D eigenvalue weighted by Gasteiger charge is -2.27. The highest BCUT2D eigenvalue weighted by atomic mass is 16.6. The molecule has 2 aromatic heterocycles. The highest BCUT2D eigenvalue weighted by Gasteiger charge is 2.25. The Kier molecular flexibility index (Phi) is 9.00. The standard InChI is InChI=1S/C24H34N4O6/c1-24(2,3)34-23(31)28(12-5-4-6-13-32-15-18-8-7-10-25-18)20-14-17(9-11-26-20)21-27-19(16-33-21)22(29)30/h9,11,14,16,18,25H,4-8,10,12-13,15H2,1-3H3,(H,29,30). The van der Waals surface area contributed by atoms with Crippen molar-refractivity contribution in [2.45, 2.75) is 64.5 Å². The van der Waals surface area contributed by atoms with Gasteiger partial charge in [-0.1, -0.05) is 0 Å². The average molecular weight is 475 g/mol. The number of anilines is 1. The minimum atomic E-state index is -1.18. The van der Waals surface area contributed by atoms with Gasteiger partial charge in [0.1, 0.15) is 17.7 Å². The summed E-state index contributed by atoms with van der Waals surface area (Å²) in [6, 6.07) is 3.75. The number of pyridine rings is 1. The Hall–Kier alpha value is -2.98. The molecule has 0 spiro atoms. The fourth-order valence-corrected chi connectivity index (χ4v) is 3.60. The third kappa shape index (κ3) is 7.81. The summed E-state index contributed by atoms with van der Waals surface area (Å²) in [5.74, 6) is -0.660. The molecule has 1 aliphatic heterocycles. The van der Waals surface area contributed by atoms with Crippen LogP contribution in [0.25, 0.3) is 11.5 Å². The van der Waals surface area contributed by atoms with Crippen molar-refractivity contribution in [1.82, 2.24) is 15.3 Å². The Morgan fingerprint density at radius 3 is 2.79 bits per heavy atom. The molecule has 1 atom stereocenters. The number of nitrogens with one attached hydrogen (secondary N) is 1. The fourth-order valence-electron chi connectivity index (χ4n) is 3.60. The molecule has 3 heterocycles. The van der Waals surface area contributed by atoms with E-state index in [1.54, 1.807) is 12.1 Å². The molecule has 0 aromatic carbocycles. The van der Waals surface area contributed by atoms with Gasteiger partial charge >= 0.3 is 12.1 Å². The first-order valence-corrected chi connectivity index (χ1v) is 11.7. The third-order valence-corrected chi connectivity index (χ3v) is 5.26. The predicted octanol–water partition coefficient (Wildman–Crippen LogP) is 4.12. The molecule has 0 bridgehead atoms. The highest BCUT2D eigenvalue weighted by Crippen LogP contribution is 2.24. The first kappa shape index (κ1) is 25.6.